The van der Waals surface area contributed by atoms with Crippen molar-refractivity contribution >= 4 is 10.9 Å². The van der Waals surface area contributed by atoms with E-state index in [4.69, 9.17) is 11.2 Å². The minimum absolute atomic E-state index is 0.166. The van der Waals surface area contributed by atoms with E-state index in [0.29, 0.717) is 18.2 Å². The number of para-hydroxylation sites is 1. The molecule has 0 spiro atoms. The van der Waals surface area contributed by atoms with Crippen LogP contribution in [0.4, 0.5) is 0 Å². The molecule has 0 bridgehead atoms. The van der Waals surface area contributed by atoms with Gasteiger partial charge in [0.15, 0.2) is 0 Å². The highest BCUT2D eigenvalue weighted by atomic mass is 16.5. The van der Waals surface area contributed by atoms with Gasteiger partial charge in [-0.15, -0.1) is 6.42 Å². The van der Waals surface area contributed by atoms with E-state index in [9.17, 15) is 4.79 Å². The first-order valence-electron chi connectivity index (χ1n) is 10.2. The molecule has 0 radical (unpaired) electrons. The number of fused-ring (bicyclic) bond motifs is 1. The van der Waals surface area contributed by atoms with Crippen molar-refractivity contribution in [2.45, 2.75) is 26.3 Å². The molecule has 0 fully saturated rings. The molecule has 4 rings (SSSR count). The molecule has 0 aliphatic rings. The van der Waals surface area contributed by atoms with Gasteiger partial charge in [-0.3, -0.25) is 9.55 Å². The molecule has 2 aromatic carbocycles. The zero-order valence-corrected chi connectivity index (χ0v) is 17.6. The third-order valence-corrected chi connectivity index (χ3v) is 5.24. The van der Waals surface area contributed by atoms with Crippen LogP contribution in [0, 0.1) is 12.3 Å². The van der Waals surface area contributed by atoms with Crippen LogP contribution in [0.1, 0.15) is 31.0 Å². The highest BCUT2D eigenvalue weighted by Crippen LogP contribution is 2.29. The van der Waals surface area contributed by atoms with Crippen molar-refractivity contribution in [2.24, 2.45) is 0 Å². The molecule has 0 aliphatic carbocycles. The van der Waals surface area contributed by atoms with Gasteiger partial charge in [-0.25, -0.2) is 9.78 Å². The van der Waals surface area contributed by atoms with Crippen LogP contribution >= 0.6 is 0 Å². The largest absolute Gasteiger partial charge is 0.479 e. The Morgan fingerprint density at radius 1 is 1.06 bits per heavy atom. The van der Waals surface area contributed by atoms with E-state index in [1.807, 2.05) is 30.3 Å². The lowest BCUT2D eigenvalue weighted by Crippen LogP contribution is -2.24. The Morgan fingerprint density at radius 3 is 2.58 bits per heavy atom. The maximum Gasteiger partial charge on any atom is 0.348 e. The highest BCUT2D eigenvalue weighted by molar-refractivity contribution is 5.78. The molecule has 0 atom stereocenters. The summed E-state index contributed by atoms with van der Waals surface area (Å²) in [5.41, 5.74) is 4.41. The summed E-state index contributed by atoms with van der Waals surface area (Å²) < 4.78 is 7.24. The summed E-state index contributed by atoms with van der Waals surface area (Å²) in [5, 5.41) is 0.902. The van der Waals surface area contributed by atoms with Crippen LogP contribution in [0.15, 0.2) is 71.8 Å². The number of hydrogen-bond donors (Lipinski definition) is 0. The minimum Gasteiger partial charge on any atom is -0.479 e. The zero-order valence-electron chi connectivity index (χ0n) is 17.6. The summed E-state index contributed by atoms with van der Waals surface area (Å²) in [5.74, 6) is 3.51. The van der Waals surface area contributed by atoms with E-state index < -0.39 is 0 Å². The summed E-state index contributed by atoms with van der Waals surface area (Å²) in [7, 11) is 0. The predicted molar refractivity (Wildman–Crippen MR) is 123 cm³/mol. The fourth-order valence-electron chi connectivity index (χ4n) is 3.54. The van der Waals surface area contributed by atoms with Crippen molar-refractivity contribution in [3.63, 3.8) is 0 Å². The zero-order chi connectivity index (χ0) is 21.8. The monoisotopic (exact) mass is 409 g/mol. The molecule has 0 saturated heterocycles. The van der Waals surface area contributed by atoms with Gasteiger partial charge in [-0.2, -0.15) is 0 Å². The Hall–Kier alpha value is -3.91. The molecular weight excluding hydrogens is 386 g/mol. The van der Waals surface area contributed by atoms with E-state index in [1.165, 1.54) is 5.56 Å². The molecule has 0 N–H and O–H groups in total. The number of pyridine rings is 1. The number of benzene rings is 2. The third-order valence-electron chi connectivity index (χ3n) is 5.24. The first-order chi connectivity index (χ1) is 15.1. The molecule has 2 heterocycles. The Bertz CT molecular complexity index is 1320. The maximum atomic E-state index is 12.6. The van der Waals surface area contributed by atoms with Crippen LogP contribution in [0.5, 0.6) is 5.75 Å². The lowest BCUT2D eigenvalue weighted by Gasteiger charge is -2.15. The van der Waals surface area contributed by atoms with Crippen molar-refractivity contribution < 1.29 is 4.74 Å². The van der Waals surface area contributed by atoms with Gasteiger partial charge in [0.2, 0.25) is 0 Å². The van der Waals surface area contributed by atoms with E-state index >= 15 is 0 Å². The average Bonchev–Trinajstić information content (AvgIpc) is 2.80. The van der Waals surface area contributed by atoms with Crippen LogP contribution in [-0.4, -0.2) is 21.1 Å². The van der Waals surface area contributed by atoms with Crippen LogP contribution in [0.3, 0.4) is 0 Å². The van der Waals surface area contributed by atoms with Gasteiger partial charge in [0, 0.05) is 17.1 Å². The van der Waals surface area contributed by atoms with Gasteiger partial charge in [-0.05, 0) is 29.2 Å². The average molecular weight is 409 g/mol. The van der Waals surface area contributed by atoms with Crippen LogP contribution in [0.2, 0.25) is 0 Å². The summed E-state index contributed by atoms with van der Waals surface area (Å²) in [6.45, 7) is 4.79. The Labute approximate surface area is 181 Å². The van der Waals surface area contributed by atoms with Crippen molar-refractivity contribution in [2.75, 3.05) is 6.61 Å². The quantitative estimate of drug-likeness (QED) is 0.435. The second-order valence-electron chi connectivity index (χ2n) is 7.62. The molecular formula is C26H23N3O2. The topological polar surface area (TPSA) is 57.0 Å². The van der Waals surface area contributed by atoms with Gasteiger partial charge >= 0.3 is 5.69 Å². The highest BCUT2D eigenvalue weighted by Gasteiger charge is 2.13. The number of nitrogens with zero attached hydrogens (tertiary/aromatic N) is 3. The van der Waals surface area contributed by atoms with Gasteiger partial charge in [0.1, 0.15) is 12.4 Å². The normalized spacial score (nSPS) is 10.9. The summed E-state index contributed by atoms with van der Waals surface area (Å²) in [6, 6.07) is 18.0. The second-order valence-corrected chi connectivity index (χ2v) is 7.62. The molecule has 31 heavy (non-hydrogen) atoms. The Morgan fingerprint density at radius 2 is 1.84 bits per heavy atom. The molecule has 0 aliphatic heterocycles. The smallest absolute Gasteiger partial charge is 0.348 e. The fraction of sp³-hybridized carbons (Fsp3) is 0.192. The molecule has 154 valence electrons. The van der Waals surface area contributed by atoms with Crippen LogP contribution < -0.4 is 10.4 Å². The van der Waals surface area contributed by atoms with Crippen molar-refractivity contribution in [3.05, 3.63) is 88.7 Å². The van der Waals surface area contributed by atoms with Crippen LogP contribution in [0.25, 0.3) is 22.0 Å². The molecule has 5 heteroatoms. The Kier molecular flexibility index (Phi) is 5.81. The lowest BCUT2D eigenvalue weighted by atomic mass is 9.98. The first-order valence-corrected chi connectivity index (χ1v) is 10.2. The van der Waals surface area contributed by atoms with Crippen molar-refractivity contribution in [3.8, 4) is 29.2 Å². The van der Waals surface area contributed by atoms with E-state index in [-0.39, 0.29) is 12.3 Å². The van der Waals surface area contributed by atoms with Gasteiger partial charge in [0.05, 0.1) is 24.0 Å². The Balaban J connectivity index is 1.82. The van der Waals surface area contributed by atoms with Crippen LogP contribution in [-0.2, 0) is 6.54 Å². The predicted octanol–water partition coefficient (Wildman–Crippen LogP) is 4.64. The fourth-order valence-corrected chi connectivity index (χ4v) is 3.54. The second kappa shape index (κ2) is 8.85. The number of terminal acetylenes is 1. The minimum atomic E-state index is -0.311. The molecule has 0 amide bonds. The lowest BCUT2D eigenvalue weighted by molar-refractivity contribution is 0.368. The standard InChI is InChI=1S/C26H23N3O2/c1-4-13-31-22-14-23(20-11-9-19(10-12-20)18(2)3)24(27-16-22)17-29-25-8-6-5-7-21(25)15-28-26(29)30/h1,5-12,14-16,18H,13,17H2,2-3H3. The SMILES string of the molecule is C#CCOc1cnc(Cn2c(=O)ncc3ccccc32)c(-c2ccc(C(C)C)cc2)c1. The van der Waals surface area contributed by atoms with E-state index in [0.717, 1.165) is 27.7 Å². The van der Waals surface area contributed by atoms with Crippen molar-refractivity contribution in [1.29, 1.82) is 0 Å². The maximum absolute atomic E-state index is 12.6. The number of aromatic nitrogens is 3. The van der Waals surface area contributed by atoms with Gasteiger partial charge < -0.3 is 4.74 Å². The van der Waals surface area contributed by atoms with Crippen molar-refractivity contribution in [1.82, 2.24) is 14.5 Å². The number of ether oxygens (including phenoxy) is 1. The van der Waals surface area contributed by atoms with Gasteiger partial charge in [-0.1, -0.05) is 62.2 Å². The number of rotatable bonds is 6. The number of hydrogen-bond acceptors (Lipinski definition) is 4. The van der Waals surface area contributed by atoms with Gasteiger partial charge in [0.25, 0.3) is 0 Å². The van der Waals surface area contributed by atoms with E-state index in [1.54, 1.807) is 17.0 Å². The molecule has 4 aromatic rings. The summed E-state index contributed by atoms with van der Waals surface area (Å²) >= 11 is 0. The molecule has 5 nitrogen and oxygen atoms in total. The molecule has 2 aromatic heterocycles. The van der Waals surface area contributed by atoms with E-state index in [2.05, 4.69) is 54.0 Å². The summed E-state index contributed by atoms with van der Waals surface area (Å²) in [4.78, 5) is 21.2. The molecule has 0 saturated carbocycles. The molecule has 0 unspecified atom stereocenters. The first kappa shape index (κ1) is 20.4. The third kappa shape index (κ3) is 4.34. The summed E-state index contributed by atoms with van der Waals surface area (Å²) in [6.07, 6.45) is 8.57.